The normalized spacial score (nSPS) is 17.1. The minimum Gasteiger partial charge on any atom is -0.490 e. The Labute approximate surface area is 172 Å². The maximum Gasteiger partial charge on any atom is 0.410 e. The van der Waals surface area contributed by atoms with Crippen LogP contribution in [0.5, 0.6) is 5.75 Å². The number of carbonyl (C=O) groups is 2. The van der Waals surface area contributed by atoms with Crippen molar-refractivity contribution in [2.75, 3.05) is 31.1 Å². The Kier molecular flexibility index (Phi) is 6.21. The van der Waals surface area contributed by atoms with E-state index in [1.54, 1.807) is 29.4 Å². The van der Waals surface area contributed by atoms with Gasteiger partial charge in [0.2, 0.25) is 0 Å². The molecule has 1 amide bonds. The predicted octanol–water partition coefficient (Wildman–Crippen LogP) is 2.74. The van der Waals surface area contributed by atoms with E-state index in [0.717, 1.165) is 0 Å². The Morgan fingerprint density at radius 1 is 1.34 bits per heavy atom. The van der Waals surface area contributed by atoms with Crippen molar-refractivity contribution in [2.24, 2.45) is 0 Å². The average Bonchev–Trinajstić information content (AvgIpc) is 3.16. The van der Waals surface area contributed by atoms with Gasteiger partial charge in [0.15, 0.2) is 10.8 Å². The molecule has 1 aliphatic heterocycles. The highest BCUT2D eigenvalue weighted by Crippen LogP contribution is 2.26. The molecule has 1 fully saturated rings. The largest absolute Gasteiger partial charge is 0.490 e. The number of hydrogen-bond donors (Lipinski definition) is 1. The second kappa shape index (κ2) is 8.64. The first-order valence-corrected chi connectivity index (χ1v) is 10.1. The van der Waals surface area contributed by atoms with Crippen molar-refractivity contribution in [3.63, 3.8) is 0 Å². The molecule has 9 nitrogen and oxygen atoms in total. The van der Waals surface area contributed by atoms with E-state index in [4.69, 9.17) is 14.6 Å². The molecular weight excluding hydrogens is 396 g/mol. The molecule has 10 heteroatoms. The van der Waals surface area contributed by atoms with Gasteiger partial charge in [-0.2, -0.15) is 0 Å². The fourth-order valence-electron chi connectivity index (χ4n) is 2.86. The van der Waals surface area contributed by atoms with E-state index in [-0.39, 0.29) is 24.4 Å². The molecule has 29 heavy (non-hydrogen) atoms. The summed E-state index contributed by atoms with van der Waals surface area (Å²) in [6.07, 6.45) is 2.89. The first kappa shape index (κ1) is 20.8. The number of rotatable bonds is 5. The Hall–Kier alpha value is -2.88. The number of nitrogens with zero attached hydrogens (tertiary/aromatic N) is 4. The average molecular weight is 420 g/mol. The maximum atomic E-state index is 12.5. The molecule has 3 rings (SSSR count). The molecule has 3 heterocycles. The van der Waals surface area contributed by atoms with E-state index in [1.807, 2.05) is 25.7 Å². The fraction of sp³-hybridized carbons (Fsp3) is 0.474. The topological polar surface area (TPSA) is 105 Å². The first-order chi connectivity index (χ1) is 13.7. The van der Waals surface area contributed by atoms with Gasteiger partial charge < -0.3 is 24.4 Å². The van der Waals surface area contributed by atoms with Crippen molar-refractivity contribution in [3.05, 3.63) is 35.6 Å². The molecule has 1 saturated heterocycles. The predicted molar refractivity (Wildman–Crippen MR) is 108 cm³/mol. The van der Waals surface area contributed by atoms with Crippen LogP contribution in [0.1, 0.15) is 31.3 Å². The Balaban J connectivity index is 1.75. The summed E-state index contributed by atoms with van der Waals surface area (Å²) in [5, 5.41) is 11.3. The van der Waals surface area contributed by atoms with E-state index in [2.05, 4.69) is 9.97 Å². The quantitative estimate of drug-likeness (QED) is 0.787. The molecule has 0 spiro atoms. The number of amides is 1. The summed E-state index contributed by atoms with van der Waals surface area (Å²) in [6.45, 7) is 7.07. The number of thiazole rings is 1. The molecule has 1 aliphatic rings. The van der Waals surface area contributed by atoms with Crippen LogP contribution in [-0.4, -0.2) is 69.9 Å². The van der Waals surface area contributed by atoms with Gasteiger partial charge in [-0.1, -0.05) is 0 Å². The number of pyridine rings is 1. The summed E-state index contributed by atoms with van der Waals surface area (Å²) in [5.41, 5.74) is -0.576. The van der Waals surface area contributed by atoms with Gasteiger partial charge in [0.05, 0.1) is 12.2 Å². The van der Waals surface area contributed by atoms with E-state index in [1.165, 1.54) is 16.7 Å². The number of aromatic carboxylic acids is 1. The second-order valence-electron chi connectivity index (χ2n) is 7.59. The zero-order valence-corrected chi connectivity index (χ0v) is 17.4. The number of carbonyl (C=O) groups excluding carboxylic acids is 1. The fourth-order valence-corrected chi connectivity index (χ4v) is 3.76. The second-order valence-corrected chi connectivity index (χ2v) is 8.43. The molecule has 1 unspecified atom stereocenters. The summed E-state index contributed by atoms with van der Waals surface area (Å²) >= 11 is 1.26. The monoisotopic (exact) mass is 420 g/mol. The number of ether oxygens (including phenoxy) is 2. The third kappa shape index (κ3) is 5.57. The molecule has 156 valence electrons. The number of carboxylic acid groups (broad SMARTS) is 1. The molecular formula is C19H24N4O5S. The first-order valence-electron chi connectivity index (χ1n) is 9.19. The maximum absolute atomic E-state index is 12.5. The number of piperazine rings is 1. The highest BCUT2D eigenvalue weighted by molar-refractivity contribution is 7.13. The van der Waals surface area contributed by atoms with Crippen molar-refractivity contribution in [2.45, 2.75) is 32.4 Å². The highest BCUT2D eigenvalue weighted by Gasteiger charge is 2.34. The van der Waals surface area contributed by atoms with Crippen molar-refractivity contribution >= 4 is 28.5 Å². The molecule has 2 aromatic heterocycles. The van der Waals surface area contributed by atoms with Crippen LogP contribution < -0.4 is 9.64 Å². The van der Waals surface area contributed by atoms with E-state index in [9.17, 15) is 9.59 Å². The molecule has 1 atom stereocenters. The zero-order chi connectivity index (χ0) is 21.0. The van der Waals surface area contributed by atoms with Gasteiger partial charge >= 0.3 is 12.1 Å². The lowest BCUT2D eigenvalue weighted by Crippen LogP contribution is -2.57. The van der Waals surface area contributed by atoms with Crippen molar-refractivity contribution in [1.82, 2.24) is 14.9 Å². The Morgan fingerprint density at radius 3 is 2.76 bits per heavy atom. The molecule has 1 N–H and O–H groups in total. The minimum atomic E-state index is -1.07. The Morgan fingerprint density at radius 2 is 2.14 bits per heavy atom. The molecule has 0 aromatic carbocycles. The third-order valence-electron chi connectivity index (χ3n) is 4.17. The summed E-state index contributed by atoms with van der Waals surface area (Å²) in [6, 6.07) is 3.36. The lowest BCUT2D eigenvalue weighted by molar-refractivity contribution is 0.0201. The summed E-state index contributed by atoms with van der Waals surface area (Å²) in [7, 11) is 0. The van der Waals surface area contributed by atoms with Crippen LogP contribution in [-0.2, 0) is 4.74 Å². The smallest absolute Gasteiger partial charge is 0.410 e. The summed E-state index contributed by atoms with van der Waals surface area (Å²) < 4.78 is 11.3. The van der Waals surface area contributed by atoms with Crippen LogP contribution in [0, 0.1) is 0 Å². The zero-order valence-electron chi connectivity index (χ0n) is 16.6. The molecule has 2 aromatic rings. The van der Waals surface area contributed by atoms with E-state index < -0.39 is 11.6 Å². The van der Waals surface area contributed by atoms with Gasteiger partial charge in [-0.05, 0) is 32.9 Å². The number of anilines is 1. The molecule has 0 aliphatic carbocycles. The van der Waals surface area contributed by atoms with Gasteiger partial charge in [0, 0.05) is 31.2 Å². The van der Waals surface area contributed by atoms with Crippen LogP contribution in [0.3, 0.4) is 0 Å². The van der Waals surface area contributed by atoms with Crippen molar-refractivity contribution in [3.8, 4) is 5.75 Å². The number of carboxylic acids is 1. The molecule has 0 saturated carbocycles. The lowest BCUT2D eigenvalue weighted by Gasteiger charge is -2.41. The lowest BCUT2D eigenvalue weighted by atomic mass is 10.2. The number of aromatic nitrogens is 2. The molecule has 0 bridgehead atoms. The van der Waals surface area contributed by atoms with Crippen molar-refractivity contribution in [1.29, 1.82) is 0 Å². The van der Waals surface area contributed by atoms with Crippen LogP contribution in [0.15, 0.2) is 29.9 Å². The van der Waals surface area contributed by atoms with Gasteiger partial charge in [-0.3, -0.25) is 4.98 Å². The van der Waals surface area contributed by atoms with Gasteiger partial charge in [0.1, 0.15) is 18.0 Å². The van der Waals surface area contributed by atoms with Crippen LogP contribution in [0.2, 0.25) is 0 Å². The van der Waals surface area contributed by atoms with Crippen LogP contribution in [0.4, 0.5) is 9.93 Å². The Bertz CT molecular complexity index is 852. The van der Waals surface area contributed by atoms with Gasteiger partial charge in [0.25, 0.3) is 0 Å². The highest BCUT2D eigenvalue weighted by atomic mass is 32.1. The standard InChI is InChI=1S/C19H24N4O5S/c1-19(2,3)28-18(26)22-7-8-23(17-21-15(12-29-17)16(24)25)13(10-22)11-27-14-5-4-6-20-9-14/h4-6,9,12-13H,7-8,10-11H2,1-3H3,(H,24,25). The van der Waals surface area contributed by atoms with Crippen molar-refractivity contribution < 1.29 is 24.2 Å². The summed E-state index contributed by atoms with van der Waals surface area (Å²) in [4.78, 5) is 35.6. The van der Waals surface area contributed by atoms with E-state index >= 15 is 0 Å². The number of hydrogen-bond acceptors (Lipinski definition) is 8. The van der Waals surface area contributed by atoms with Gasteiger partial charge in [-0.25, -0.2) is 14.6 Å². The van der Waals surface area contributed by atoms with Gasteiger partial charge in [-0.15, -0.1) is 11.3 Å². The van der Waals surface area contributed by atoms with Crippen LogP contribution in [0.25, 0.3) is 0 Å². The SMILES string of the molecule is CC(C)(C)OC(=O)N1CCN(c2nc(C(=O)O)cs2)C(COc2cccnc2)C1. The third-order valence-corrected chi connectivity index (χ3v) is 5.05. The van der Waals surface area contributed by atoms with Crippen LogP contribution >= 0.6 is 11.3 Å². The minimum absolute atomic E-state index is 0.00602. The van der Waals surface area contributed by atoms with E-state index in [0.29, 0.717) is 30.5 Å². The summed E-state index contributed by atoms with van der Waals surface area (Å²) in [5.74, 6) is -0.449. The molecule has 0 radical (unpaired) electrons.